The Kier molecular flexibility index (Phi) is 4.01. The molecule has 0 aliphatic heterocycles. The van der Waals surface area contributed by atoms with Crippen molar-refractivity contribution in [1.29, 1.82) is 0 Å². The largest absolute Gasteiger partial charge is 0.263 e. The maximum absolute atomic E-state index is 14.4. The van der Waals surface area contributed by atoms with Gasteiger partial charge in [-0.1, -0.05) is 11.6 Å². The maximum atomic E-state index is 14.4. The molecule has 0 N–H and O–H groups in total. The number of aryl methyl sites for hydroxylation is 1. The molecule has 3 heterocycles. The van der Waals surface area contributed by atoms with Crippen LogP contribution in [0.15, 0.2) is 65.5 Å². The van der Waals surface area contributed by atoms with Crippen LogP contribution in [0.2, 0.25) is 0 Å². The van der Waals surface area contributed by atoms with Crippen molar-refractivity contribution in [2.75, 3.05) is 0 Å². The third-order valence-electron chi connectivity index (χ3n) is 4.00. The van der Waals surface area contributed by atoms with Crippen molar-refractivity contribution >= 4 is 27.0 Å². The van der Waals surface area contributed by atoms with Crippen LogP contribution in [0.25, 0.3) is 33.4 Å². The Balaban J connectivity index is 2.03. The van der Waals surface area contributed by atoms with Crippen molar-refractivity contribution < 1.29 is 4.39 Å². The van der Waals surface area contributed by atoms with Gasteiger partial charge < -0.3 is 0 Å². The SMILES string of the molecule is Cc1ccc(F)c(-c2cc(-c3cncc(Br)c3)c3cccnc3n2)c1. The van der Waals surface area contributed by atoms with Crippen LogP contribution < -0.4 is 0 Å². The summed E-state index contributed by atoms with van der Waals surface area (Å²) < 4.78 is 15.3. The van der Waals surface area contributed by atoms with Gasteiger partial charge in [0, 0.05) is 39.6 Å². The first-order chi connectivity index (χ1) is 12.1. The van der Waals surface area contributed by atoms with Crippen molar-refractivity contribution in [3.63, 3.8) is 0 Å². The highest BCUT2D eigenvalue weighted by molar-refractivity contribution is 9.10. The van der Waals surface area contributed by atoms with E-state index in [4.69, 9.17) is 0 Å². The van der Waals surface area contributed by atoms with Gasteiger partial charge >= 0.3 is 0 Å². The first-order valence-corrected chi connectivity index (χ1v) is 8.54. The zero-order valence-corrected chi connectivity index (χ0v) is 15.0. The molecule has 0 aliphatic rings. The Morgan fingerprint density at radius 3 is 2.72 bits per heavy atom. The molecule has 5 heteroatoms. The van der Waals surface area contributed by atoms with Crippen molar-refractivity contribution in [2.45, 2.75) is 6.92 Å². The third kappa shape index (κ3) is 3.03. The van der Waals surface area contributed by atoms with E-state index < -0.39 is 0 Å². The van der Waals surface area contributed by atoms with Crippen molar-refractivity contribution in [3.05, 3.63) is 76.9 Å². The van der Waals surface area contributed by atoms with E-state index in [1.54, 1.807) is 30.7 Å². The van der Waals surface area contributed by atoms with Crippen LogP contribution >= 0.6 is 15.9 Å². The second kappa shape index (κ2) is 6.33. The van der Waals surface area contributed by atoms with Gasteiger partial charge in [-0.05, 0) is 64.8 Å². The Morgan fingerprint density at radius 1 is 1.00 bits per heavy atom. The van der Waals surface area contributed by atoms with E-state index >= 15 is 0 Å². The predicted octanol–water partition coefficient (Wildman–Crippen LogP) is 5.57. The Hall–Kier alpha value is -2.66. The molecule has 25 heavy (non-hydrogen) atoms. The van der Waals surface area contributed by atoms with Crippen LogP contribution in [-0.2, 0) is 0 Å². The van der Waals surface area contributed by atoms with Crippen LogP contribution in [0, 0.1) is 12.7 Å². The third-order valence-corrected chi connectivity index (χ3v) is 4.43. The van der Waals surface area contributed by atoms with Gasteiger partial charge in [0.2, 0.25) is 0 Å². The van der Waals surface area contributed by atoms with E-state index in [0.717, 1.165) is 26.5 Å². The summed E-state index contributed by atoms with van der Waals surface area (Å²) in [7, 11) is 0. The molecular weight excluding hydrogens is 381 g/mol. The van der Waals surface area contributed by atoms with Gasteiger partial charge in [-0.25, -0.2) is 14.4 Å². The molecule has 0 fully saturated rings. The molecule has 4 rings (SSSR count). The number of aromatic nitrogens is 3. The van der Waals surface area contributed by atoms with Crippen LogP contribution in [0.1, 0.15) is 5.56 Å². The Morgan fingerprint density at radius 2 is 1.88 bits per heavy atom. The molecule has 122 valence electrons. The molecule has 3 nitrogen and oxygen atoms in total. The lowest BCUT2D eigenvalue weighted by Crippen LogP contribution is -1.94. The second-order valence-corrected chi connectivity index (χ2v) is 6.72. The minimum Gasteiger partial charge on any atom is -0.263 e. The van der Waals surface area contributed by atoms with Gasteiger partial charge in [0.25, 0.3) is 0 Å². The average Bonchev–Trinajstić information content (AvgIpc) is 2.63. The molecule has 3 aromatic heterocycles. The lowest BCUT2D eigenvalue weighted by Gasteiger charge is -2.11. The fourth-order valence-electron chi connectivity index (χ4n) is 2.83. The van der Waals surface area contributed by atoms with Crippen LogP contribution in [-0.4, -0.2) is 15.0 Å². The highest BCUT2D eigenvalue weighted by atomic mass is 79.9. The molecular formula is C20H13BrFN3. The van der Waals surface area contributed by atoms with Crippen molar-refractivity contribution in [1.82, 2.24) is 15.0 Å². The molecule has 0 saturated carbocycles. The fraction of sp³-hybridized carbons (Fsp3) is 0.0500. The first kappa shape index (κ1) is 15.8. The minimum atomic E-state index is -0.299. The molecule has 0 unspecified atom stereocenters. The summed E-state index contributed by atoms with van der Waals surface area (Å²) >= 11 is 3.45. The monoisotopic (exact) mass is 393 g/mol. The summed E-state index contributed by atoms with van der Waals surface area (Å²) in [6, 6.07) is 12.7. The Labute approximate surface area is 152 Å². The number of fused-ring (bicyclic) bond motifs is 1. The molecule has 0 amide bonds. The van der Waals surface area contributed by atoms with Gasteiger partial charge in [0.05, 0.1) is 5.69 Å². The molecule has 0 radical (unpaired) electrons. The quantitative estimate of drug-likeness (QED) is 0.446. The van der Waals surface area contributed by atoms with E-state index in [9.17, 15) is 4.39 Å². The number of benzene rings is 1. The summed E-state index contributed by atoms with van der Waals surface area (Å²) in [5.41, 5.74) is 4.42. The number of halogens is 2. The summed E-state index contributed by atoms with van der Waals surface area (Å²) in [6.45, 7) is 1.93. The summed E-state index contributed by atoms with van der Waals surface area (Å²) in [5, 5.41) is 0.902. The molecule has 4 aromatic rings. The summed E-state index contributed by atoms with van der Waals surface area (Å²) in [6.07, 6.45) is 5.20. The van der Waals surface area contributed by atoms with E-state index in [2.05, 4.69) is 30.9 Å². The molecule has 0 aliphatic carbocycles. The van der Waals surface area contributed by atoms with Crippen LogP contribution in [0.5, 0.6) is 0 Å². The number of rotatable bonds is 2. The van der Waals surface area contributed by atoms with Gasteiger partial charge in [0.1, 0.15) is 5.82 Å². The standard InChI is InChI=1S/C20H13BrFN3/c1-12-4-5-18(22)17(7-12)19-9-16(13-8-14(21)11-23-10-13)15-3-2-6-24-20(15)25-19/h2-11H,1H3. The topological polar surface area (TPSA) is 38.7 Å². The highest BCUT2D eigenvalue weighted by Crippen LogP contribution is 2.33. The second-order valence-electron chi connectivity index (χ2n) is 5.80. The predicted molar refractivity (Wildman–Crippen MR) is 101 cm³/mol. The lowest BCUT2D eigenvalue weighted by atomic mass is 10.00. The lowest BCUT2D eigenvalue weighted by molar-refractivity contribution is 0.630. The minimum absolute atomic E-state index is 0.299. The maximum Gasteiger partial charge on any atom is 0.160 e. The van der Waals surface area contributed by atoms with E-state index in [-0.39, 0.29) is 5.82 Å². The van der Waals surface area contributed by atoms with Gasteiger partial charge in [-0.15, -0.1) is 0 Å². The summed E-state index contributed by atoms with van der Waals surface area (Å²) in [5.74, 6) is -0.299. The molecule has 0 spiro atoms. The molecule has 0 bridgehead atoms. The zero-order valence-electron chi connectivity index (χ0n) is 13.4. The van der Waals surface area contributed by atoms with E-state index in [0.29, 0.717) is 16.9 Å². The number of hydrogen-bond donors (Lipinski definition) is 0. The van der Waals surface area contributed by atoms with E-state index in [1.807, 2.05) is 31.2 Å². The van der Waals surface area contributed by atoms with Crippen molar-refractivity contribution in [3.8, 4) is 22.4 Å². The highest BCUT2D eigenvalue weighted by Gasteiger charge is 2.13. The normalized spacial score (nSPS) is 11.0. The smallest absolute Gasteiger partial charge is 0.160 e. The van der Waals surface area contributed by atoms with Crippen LogP contribution in [0.3, 0.4) is 0 Å². The molecule has 1 aromatic carbocycles. The Bertz CT molecular complexity index is 1100. The number of nitrogens with zero attached hydrogens (tertiary/aromatic N) is 3. The van der Waals surface area contributed by atoms with Gasteiger partial charge in [-0.2, -0.15) is 0 Å². The van der Waals surface area contributed by atoms with Gasteiger partial charge in [0.15, 0.2) is 5.65 Å². The number of hydrogen-bond acceptors (Lipinski definition) is 3. The van der Waals surface area contributed by atoms with Gasteiger partial charge in [-0.3, -0.25) is 4.98 Å². The van der Waals surface area contributed by atoms with E-state index in [1.165, 1.54) is 6.07 Å². The van der Waals surface area contributed by atoms with Crippen LogP contribution in [0.4, 0.5) is 4.39 Å². The number of pyridine rings is 3. The molecule has 0 saturated heterocycles. The summed E-state index contributed by atoms with van der Waals surface area (Å²) in [4.78, 5) is 13.2. The molecule has 0 atom stereocenters. The fourth-order valence-corrected chi connectivity index (χ4v) is 3.19. The average molecular weight is 394 g/mol. The van der Waals surface area contributed by atoms with Crippen molar-refractivity contribution in [2.24, 2.45) is 0 Å². The first-order valence-electron chi connectivity index (χ1n) is 7.75. The zero-order chi connectivity index (χ0) is 17.4.